The molecule has 0 aliphatic rings. The molecule has 0 saturated carbocycles. The molecule has 0 saturated heterocycles. The molecule has 0 spiro atoms. The van der Waals surface area contributed by atoms with Gasteiger partial charge in [-0.3, -0.25) is 20.7 Å². The number of carbonyl (C=O) groups excluding carboxylic acids is 1. The molecule has 28 heavy (non-hydrogen) atoms. The molecule has 0 aliphatic carbocycles. The van der Waals surface area contributed by atoms with Crippen LogP contribution in [0.25, 0.3) is 27.7 Å². The number of fused-ring (bicyclic) bond motifs is 1. The second-order valence-corrected chi connectivity index (χ2v) is 6.65. The van der Waals surface area contributed by atoms with Gasteiger partial charge in [0.05, 0.1) is 11.4 Å². The van der Waals surface area contributed by atoms with Crippen molar-refractivity contribution in [2.24, 2.45) is 0 Å². The molecule has 0 atom stereocenters. The summed E-state index contributed by atoms with van der Waals surface area (Å²) in [7, 11) is 0. The lowest BCUT2D eigenvalue weighted by Gasteiger charge is -2.11. The van der Waals surface area contributed by atoms with E-state index in [0.29, 0.717) is 11.4 Å². The highest BCUT2D eigenvalue weighted by atomic mass is 16.2. The Bertz CT molecular complexity index is 1160. The van der Waals surface area contributed by atoms with Crippen LogP contribution in [0, 0.1) is 6.92 Å². The Balaban J connectivity index is 1.42. The lowest BCUT2D eigenvalue weighted by molar-refractivity contribution is 0.0937. The van der Waals surface area contributed by atoms with Gasteiger partial charge in [-0.2, -0.15) is 5.10 Å². The number of hydrazine groups is 1. The molecular weight excluding hydrogens is 348 g/mol. The second kappa shape index (κ2) is 7.40. The highest BCUT2D eigenvalue weighted by Gasteiger charge is 2.11. The van der Waals surface area contributed by atoms with Crippen LogP contribution < -0.4 is 10.9 Å². The highest BCUT2D eigenvalue weighted by molar-refractivity contribution is 5.93. The van der Waals surface area contributed by atoms with Gasteiger partial charge in [0.15, 0.2) is 0 Å². The molecule has 1 aromatic heterocycles. The Morgan fingerprint density at radius 2 is 1.68 bits per heavy atom. The maximum absolute atomic E-state index is 12.4. The molecule has 1 heterocycles. The van der Waals surface area contributed by atoms with Gasteiger partial charge in [-0.1, -0.05) is 72.8 Å². The monoisotopic (exact) mass is 368 g/mol. The molecule has 3 N–H and O–H groups in total. The number of aryl methyl sites for hydroxylation is 1. The number of hydrogen-bond acceptors (Lipinski definition) is 3. The van der Waals surface area contributed by atoms with Crippen LogP contribution in [0.1, 0.15) is 21.6 Å². The fourth-order valence-corrected chi connectivity index (χ4v) is 2.96. The van der Waals surface area contributed by atoms with Gasteiger partial charge in [0.2, 0.25) is 0 Å². The average Bonchev–Trinajstić information content (AvgIpc) is 3.22. The highest BCUT2D eigenvalue weighted by Crippen LogP contribution is 2.20. The first kappa shape index (κ1) is 17.5. The van der Waals surface area contributed by atoms with Crippen LogP contribution in [0.5, 0.6) is 0 Å². The number of rotatable bonds is 5. The normalized spacial score (nSPS) is 10.6. The van der Waals surface area contributed by atoms with Gasteiger partial charge in [0, 0.05) is 5.56 Å². The lowest BCUT2D eigenvalue weighted by atomic mass is 10.1. The standard InChI is InChI=1S/C23H20N4O/c1-15-7-9-18(10-8-15)21-14-22(26-25-21)23(28)27-24-16(2)19-12-11-17-5-3-4-6-20(17)13-19/h3-14,24H,2H2,1H3,(H,25,26)(H,27,28). The van der Waals surface area contributed by atoms with Crippen molar-refractivity contribution in [2.75, 3.05) is 0 Å². The van der Waals surface area contributed by atoms with E-state index in [4.69, 9.17) is 0 Å². The molecule has 4 rings (SSSR count). The van der Waals surface area contributed by atoms with Crippen LogP contribution in [0.15, 0.2) is 79.4 Å². The third-order valence-electron chi connectivity index (χ3n) is 4.59. The third kappa shape index (κ3) is 3.64. The van der Waals surface area contributed by atoms with Gasteiger partial charge in [-0.05, 0) is 35.4 Å². The first-order valence-corrected chi connectivity index (χ1v) is 8.97. The van der Waals surface area contributed by atoms with Crippen molar-refractivity contribution in [1.82, 2.24) is 21.0 Å². The summed E-state index contributed by atoms with van der Waals surface area (Å²) in [6.07, 6.45) is 0. The lowest BCUT2D eigenvalue weighted by Crippen LogP contribution is -2.36. The first-order valence-electron chi connectivity index (χ1n) is 8.97. The van der Waals surface area contributed by atoms with Crippen LogP contribution in [0.2, 0.25) is 0 Å². The molecule has 0 fully saturated rings. The van der Waals surface area contributed by atoms with Crippen molar-refractivity contribution in [3.05, 3.63) is 96.2 Å². The number of carbonyl (C=O) groups is 1. The number of aromatic amines is 1. The third-order valence-corrected chi connectivity index (χ3v) is 4.59. The Kier molecular flexibility index (Phi) is 4.64. The van der Waals surface area contributed by atoms with Gasteiger partial charge < -0.3 is 0 Å². The van der Waals surface area contributed by atoms with Gasteiger partial charge in [-0.25, -0.2) is 0 Å². The van der Waals surface area contributed by atoms with Crippen molar-refractivity contribution in [3.8, 4) is 11.3 Å². The minimum atomic E-state index is -0.312. The zero-order valence-corrected chi connectivity index (χ0v) is 15.5. The maximum Gasteiger partial charge on any atom is 0.287 e. The summed E-state index contributed by atoms with van der Waals surface area (Å²) >= 11 is 0. The quantitative estimate of drug-likeness (QED) is 0.456. The van der Waals surface area contributed by atoms with Crippen LogP contribution >= 0.6 is 0 Å². The Morgan fingerprint density at radius 3 is 2.46 bits per heavy atom. The van der Waals surface area contributed by atoms with Crippen molar-refractivity contribution >= 4 is 22.4 Å². The molecule has 0 bridgehead atoms. The minimum Gasteiger partial charge on any atom is -0.298 e. The molecular formula is C23H20N4O. The number of nitrogens with one attached hydrogen (secondary N) is 3. The summed E-state index contributed by atoms with van der Waals surface area (Å²) in [5, 5.41) is 9.27. The van der Waals surface area contributed by atoms with Crippen LogP contribution in [-0.2, 0) is 0 Å². The molecule has 4 aromatic rings. The zero-order chi connectivity index (χ0) is 19.5. The summed E-state index contributed by atoms with van der Waals surface area (Å²) in [6, 6.07) is 23.8. The summed E-state index contributed by atoms with van der Waals surface area (Å²) in [4.78, 5) is 12.4. The number of H-pyrrole nitrogens is 1. The zero-order valence-electron chi connectivity index (χ0n) is 15.5. The molecule has 0 aliphatic heterocycles. The van der Waals surface area contributed by atoms with E-state index < -0.39 is 0 Å². The summed E-state index contributed by atoms with van der Waals surface area (Å²) < 4.78 is 0. The molecule has 5 nitrogen and oxygen atoms in total. The van der Waals surface area contributed by atoms with E-state index in [1.807, 2.05) is 67.6 Å². The van der Waals surface area contributed by atoms with E-state index in [1.54, 1.807) is 6.07 Å². The van der Waals surface area contributed by atoms with Gasteiger partial charge in [-0.15, -0.1) is 0 Å². The number of nitrogens with zero attached hydrogens (tertiary/aromatic N) is 1. The Morgan fingerprint density at radius 1 is 0.929 bits per heavy atom. The van der Waals surface area contributed by atoms with Gasteiger partial charge >= 0.3 is 0 Å². The van der Waals surface area contributed by atoms with Gasteiger partial charge in [0.1, 0.15) is 5.69 Å². The van der Waals surface area contributed by atoms with E-state index >= 15 is 0 Å². The van der Waals surface area contributed by atoms with Crippen LogP contribution in [0.3, 0.4) is 0 Å². The number of hydrogen-bond donors (Lipinski definition) is 3. The van der Waals surface area contributed by atoms with E-state index in [9.17, 15) is 4.79 Å². The summed E-state index contributed by atoms with van der Waals surface area (Å²) in [5.74, 6) is -0.312. The Labute approximate surface area is 163 Å². The summed E-state index contributed by atoms with van der Waals surface area (Å²) in [5.41, 5.74) is 10.3. The van der Waals surface area contributed by atoms with E-state index in [-0.39, 0.29) is 5.91 Å². The SMILES string of the molecule is C=C(NNC(=O)c1cc(-c2ccc(C)cc2)n[nH]1)c1ccc2ccccc2c1. The minimum absolute atomic E-state index is 0.312. The molecule has 5 heteroatoms. The number of amides is 1. The fraction of sp³-hybridized carbons (Fsp3) is 0.0435. The van der Waals surface area contributed by atoms with E-state index in [1.165, 1.54) is 5.56 Å². The van der Waals surface area contributed by atoms with Crippen LogP contribution in [-0.4, -0.2) is 16.1 Å². The topological polar surface area (TPSA) is 69.8 Å². The predicted molar refractivity (Wildman–Crippen MR) is 112 cm³/mol. The van der Waals surface area contributed by atoms with Crippen molar-refractivity contribution in [3.63, 3.8) is 0 Å². The Hall–Kier alpha value is -3.86. The van der Waals surface area contributed by atoms with Crippen LogP contribution in [0.4, 0.5) is 0 Å². The molecule has 0 unspecified atom stereocenters. The van der Waals surface area contributed by atoms with E-state index in [0.717, 1.165) is 27.6 Å². The van der Waals surface area contributed by atoms with Crippen molar-refractivity contribution in [1.29, 1.82) is 0 Å². The number of aromatic nitrogens is 2. The fourth-order valence-electron chi connectivity index (χ4n) is 2.96. The molecule has 138 valence electrons. The average molecular weight is 368 g/mol. The second-order valence-electron chi connectivity index (χ2n) is 6.65. The smallest absolute Gasteiger partial charge is 0.287 e. The maximum atomic E-state index is 12.4. The molecule has 3 aromatic carbocycles. The largest absolute Gasteiger partial charge is 0.298 e. The van der Waals surface area contributed by atoms with Gasteiger partial charge in [0.25, 0.3) is 5.91 Å². The summed E-state index contributed by atoms with van der Waals surface area (Å²) in [6.45, 7) is 6.04. The van der Waals surface area contributed by atoms with E-state index in [2.05, 4.69) is 33.7 Å². The van der Waals surface area contributed by atoms with Crippen molar-refractivity contribution < 1.29 is 4.79 Å². The predicted octanol–water partition coefficient (Wildman–Crippen LogP) is 4.44. The van der Waals surface area contributed by atoms with Crippen molar-refractivity contribution in [2.45, 2.75) is 6.92 Å². The first-order chi connectivity index (χ1) is 13.6. The number of benzene rings is 3. The molecule has 0 radical (unpaired) electrons. The molecule has 1 amide bonds.